The molecule has 2 N–H and O–H groups in total. The Hall–Kier alpha value is -0.130. The first kappa shape index (κ1) is 15.3. The van der Waals surface area contributed by atoms with Gasteiger partial charge in [-0.3, -0.25) is 0 Å². The second-order valence-electron chi connectivity index (χ2n) is 6.71. The van der Waals surface area contributed by atoms with E-state index in [1.54, 1.807) is 4.31 Å². The standard InChI is InChI=1S/C14H28N2O2S/c1-11-5-6-13(8-11)14(15)9-12-4-3-7-16(10-12)19(2,17)18/h11-14H,3-10,15H2,1-2H3. The molecule has 2 aliphatic rings. The van der Waals surface area contributed by atoms with E-state index in [1.807, 2.05) is 0 Å². The van der Waals surface area contributed by atoms with Crippen LogP contribution in [0, 0.1) is 17.8 Å². The molecule has 19 heavy (non-hydrogen) atoms. The predicted molar refractivity (Wildman–Crippen MR) is 78.2 cm³/mol. The quantitative estimate of drug-likeness (QED) is 0.858. The first-order valence-corrected chi connectivity index (χ1v) is 9.41. The zero-order chi connectivity index (χ0) is 14.0. The Labute approximate surface area is 117 Å². The molecule has 0 bridgehead atoms. The molecule has 1 heterocycles. The van der Waals surface area contributed by atoms with Gasteiger partial charge in [-0.2, -0.15) is 0 Å². The summed E-state index contributed by atoms with van der Waals surface area (Å²) in [5, 5.41) is 0. The molecule has 1 saturated heterocycles. The van der Waals surface area contributed by atoms with E-state index < -0.39 is 10.0 Å². The Morgan fingerprint density at radius 2 is 2.05 bits per heavy atom. The summed E-state index contributed by atoms with van der Waals surface area (Å²) in [5.74, 6) is 1.92. The van der Waals surface area contributed by atoms with Crippen LogP contribution in [0.2, 0.25) is 0 Å². The molecule has 0 aromatic heterocycles. The van der Waals surface area contributed by atoms with Crippen molar-refractivity contribution < 1.29 is 8.42 Å². The second kappa shape index (κ2) is 6.10. The van der Waals surface area contributed by atoms with E-state index in [1.165, 1.54) is 25.5 Å². The van der Waals surface area contributed by atoms with Crippen LogP contribution in [-0.2, 0) is 10.0 Å². The van der Waals surface area contributed by atoms with Gasteiger partial charge in [-0.1, -0.05) is 13.3 Å². The molecule has 1 aliphatic carbocycles. The molecule has 4 unspecified atom stereocenters. The van der Waals surface area contributed by atoms with Crippen molar-refractivity contribution in [2.45, 2.75) is 51.5 Å². The minimum absolute atomic E-state index is 0.259. The van der Waals surface area contributed by atoms with Crippen molar-refractivity contribution in [2.24, 2.45) is 23.5 Å². The second-order valence-corrected chi connectivity index (χ2v) is 8.69. The topological polar surface area (TPSA) is 63.4 Å². The fraction of sp³-hybridized carbons (Fsp3) is 1.00. The molecule has 0 spiro atoms. The van der Waals surface area contributed by atoms with Gasteiger partial charge in [-0.25, -0.2) is 12.7 Å². The third-order valence-electron chi connectivity index (χ3n) is 4.90. The maximum Gasteiger partial charge on any atom is 0.211 e. The van der Waals surface area contributed by atoms with Gasteiger partial charge < -0.3 is 5.73 Å². The highest BCUT2D eigenvalue weighted by molar-refractivity contribution is 7.88. The van der Waals surface area contributed by atoms with Gasteiger partial charge in [0.15, 0.2) is 0 Å². The van der Waals surface area contributed by atoms with Crippen molar-refractivity contribution in [3.05, 3.63) is 0 Å². The Morgan fingerprint density at radius 3 is 2.63 bits per heavy atom. The minimum atomic E-state index is -3.03. The Balaban J connectivity index is 1.85. The van der Waals surface area contributed by atoms with Crippen LogP contribution in [0.1, 0.15) is 45.4 Å². The van der Waals surface area contributed by atoms with E-state index in [-0.39, 0.29) is 6.04 Å². The molecule has 0 aromatic carbocycles. The number of piperidine rings is 1. The van der Waals surface area contributed by atoms with E-state index in [9.17, 15) is 8.42 Å². The van der Waals surface area contributed by atoms with Gasteiger partial charge in [0, 0.05) is 19.1 Å². The number of hydrogen-bond donors (Lipinski definition) is 1. The summed E-state index contributed by atoms with van der Waals surface area (Å²) in [6.07, 6.45) is 8.22. The van der Waals surface area contributed by atoms with Crippen molar-refractivity contribution in [2.75, 3.05) is 19.3 Å². The molecule has 4 nitrogen and oxygen atoms in total. The van der Waals surface area contributed by atoms with Crippen molar-refractivity contribution in [3.8, 4) is 0 Å². The van der Waals surface area contributed by atoms with Gasteiger partial charge in [0.1, 0.15) is 0 Å². The van der Waals surface area contributed by atoms with Crippen LogP contribution in [-0.4, -0.2) is 38.1 Å². The lowest BCUT2D eigenvalue weighted by molar-refractivity contribution is 0.229. The predicted octanol–water partition coefficient (Wildman–Crippen LogP) is 1.81. The molecule has 4 atom stereocenters. The van der Waals surface area contributed by atoms with Crippen LogP contribution < -0.4 is 5.73 Å². The van der Waals surface area contributed by atoms with E-state index in [0.29, 0.717) is 24.9 Å². The van der Waals surface area contributed by atoms with Crippen LogP contribution in [0.15, 0.2) is 0 Å². The first-order chi connectivity index (χ1) is 8.86. The maximum absolute atomic E-state index is 11.6. The Kier molecular flexibility index (Phi) is 4.90. The fourth-order valence-electron chi connectivity index (χ4n) is 3.74. The molecule has 1 aliphatic heterocycles. The van der Waals surface area contributed by atoms with Crippen LogP contribution in [0.25, 0.3) is 0 Å². The van der Waals surface area contributed by atoms with Gasteiger partial charge in [0.2, 0.25) is 10.0 Å². The summed E-state index contributed by atoms with van der Waals surface area (Å²) in [6, 6.07) is 0.259. The molecule has 5 heteroatoms. The molecular formula is C14H28N2O2S. The summed E-state index contributed by atoms with van der Waals surface area (Å²) >= 11 is 0. The monoisotopic (exact) mass is 288 g/mol. The number of sulfonamides is 1. The van der Waals surface area contributed by atoms with Gasteiger partial charge in [-0.05, 0) is 49.9 Å². The van der Waals surface area contributed by atoms with Crippen molar-refractivity contribution >= 4 is 10.0 Å². The van der Waals surface area contributed by atoms with Crippen molar-refractivity contribution in [1.82, 2.24) is 4.31 Å². The first-order valence-electron chi connectivity index (χ1n) is 7.57. The highest BCUT2D eigenvalue weighted by Gasteiger charge is 2.31. The number of hydrogen-bond acceptors (Lipinski definition) is 3. The van der Waals surface area contributed by atoms with Gasteiger partial charge in [0.25, 0.3) is 0 Å². The highest BCUT2D eigenvalue weighted by atomic mass is 32.2. The van der Waals surface area contributed by atoms with Crippen LogP contribution in [0.5, 0.6) is 0 Å². The number of nitrogens with two attached hydrogens (primary N) is 1. The zero-order valence-electron chi connectivity index (χ0n) is 12.2. The van der Waals surface area contributed by atoms with Crippen LogP contribution in [0.4, 0.5) is 0 Å². The molecule has 0 aromatic rings. The van der Waals surface area contributed by atoms with E-state index >= 15 is 0 Å². The largest absolute Gasteiger partial charge is 0.327 e. The third-order valence-corrected chi connectivity index (χ3v) is 6.17. The summed E-state index contributed by atoms with van der Waals surface area (Å²) in [4.78, 5) is 0. The van der Waals surface area contributed by atoms with Crippen molar-refractivity contribution in [3.63, 3.8) is 0 Å². The van der Waals surface area contributed by atoms with E-state index in [2.05, 4.69) is 6.92 Å². The molecule has 112 valence electrons. The fourth-order valence-corrected chi connectivity index (χ4v) is 4.68. The summed E-state index contributed by atoms with van der Waals surface area (Å²) in [7, 11) is -3.03. The van der Waals surface area contributed by atoms with Crippen LogP contribution >= 0.6 is 0 Å². The molecule has 2 fully saturated rings. The summed E-state index contributed by atoms with van der Waals surface area (Å²) < 4.78 is 24.9. The van der Waals surface area contributed by atoms with Crippen molar-refractivity contribution in [1.29, 1.82) is 0 Å². The maximum atomic E-state index is 11.6. The smallest absolute Gasteiger partial charge is 0.211 e. The van der Waals surface area contributed by atoms with E-state index in [4.69, 9.17) is 5.73 Å². The average Bonchev–Trinajstić information content (AvgIpc) is 2.75. The Morgan fingerprint density at radius 1 is 1.32 bits per heavy atom. The van der Waals surface area contributed by atoms with Gasteiger partial charge >= 0.3 is 0 Å². The van der Waals surface area contributed by atoms with Gasteiger partial charge in [-0.15, -0.1) is 0 Å². The van der Waals surface area contributed by atoms with Crippen LogP contribution in [0.3, 0.4) is 0 Å². The third kappa shape index (κ3) is 4.17. The average molecular weight is 288 g/mol. The SMILES string of the molecule is CC1CCC(C(N)CC2CCCN(S(C)(=O)=O)C2)C1. The molecular weight excluding hydrogens is 260 g/mol. The summed E-state index contributed by atoms with van der Waals surface area (Å²) in [6.45, 7) is 3.67. The number of rotatable bonds is 4. The highest BCUT2D eigenvalue weighted by Crippen LogP contribution is 2.34. The van der Waals surface area contributed by atoms with E-state index in [0.717, 1.165) is 25.2 Å². The zero-order valence-corrected chi connectivity index (χ0v) is 13.0. The number of nitrogens with zero attached hydrogens (tertiary/aromatic N) is 1. The molecule has 0 amide bonds. The Bertz CT molecular complexity index is 396. The summed E-state index contributed by atoms with van der Waals surface area (Å²) in [5.41, 5.74) is 6.36. The normalized spacial score (nSPS) is 35.4. The molecule has 0 radical (unpaired) electrons. The molecule has 1 saturated carbocycles. The minimum Gasteiger partial charge on any atom is -0.327 e. The lowest BCUT2D eigenvalue weighted by atomic mass is 9.86. The van der Waals surface area contributed by atoms with Gasteiger partial charge in [0.05, 0.1) is 6.26 Å². The lowest BCUT2D eigenvalue weighted by Crippen LogP contribution is -2.42. The molecule has 2 rings (SSSR count). The lowest BCUT2D eigenvalue weighted by Gasteiger charge is -2.33.